The Morgan fingerprint density at radius 3 is 2.74 bits per heavy atom. The maximum Gasteiger partial charge on any atom is 0.270 e. The van der Waals surface area contributed by atoms with Crippen LogP contribution in [0.25, 0.3) is 10.8 Å². The number of hydrogen-bond donors (Lipinski definition) is 3. The van der Waals surface area contributed by atoms with Crippen LogP contribution in [0.3, 0.4) is 0 Å². The van der Waals surface area contributed by atoms with E-state index in [0.29, 0.717) is 0 Å². The van der Waals surface area contributed by atoms with Crippen molar-refractivity contribution in [2.45, 2.75) is 0 Å². The smallest absolute Gasteiger partial charge is 0.270 e. The monoisotopic (exact) mass is 364 g/mol. The van der Waals surface area contributed by atoms with Gasteiger partial charge in [0.2, 0.25) is 0 Å². The molecule has 0 aliphatic carbocycles. The van der Waals surface area contributed by atoms with E-state index in [-0.39, 0.29) is 23.5 Å². The third kappa shape index (κ3) is 4.37. The summed E-state index contributed by atoms with van der Waals surface area (Å²) in [6, 6.07) is 17.1. The Balaban J connectivity index is 1.61. The summed E-state index contributed by atoms with van der Waals surface area (Å²) in [5, 5.41) is 29.3. The summed E-state index contributed by atoms with van der Waals surface area (Å²) in [4.78, 5) is 22.1. The van der Waals surface area contributed by atoms with E-state index in [4.69, 9.17) is 0 Å². The van der Waals surface area contributed by atoms with Crippen LogP contribution in [-0.2, 0) is 4.79 Å². The summed E-state index contributed by atoms with van der Waals surface area (Å²) in [6.45, 7) is -0.00767. The molecule has 0 aromatic heterocycles. The quantitative estimate of drug-likeness (QED) is 0.353. The van der Waals surface area contributed by atoms with Crippen LogP contribution in [-0.4, -0.2) is 28.7 Å². The van der Waals surface area contributed by atoms with Crippen molar-refractivity contribution in [1.82, 2.24) is 5.43 Å². The number of hydrogen-bond acceptors (Lipinski definition) is 6. The van der Waals surface area contributed by atoms with Crippen molar-refractivity contribution in [3.63, 3.8) is 0 Å². The summed E-state index contributed by atoms with van der Waals surface area (Å²) in [5.41, 5.74) is 3.08. The molecule has 0 bridgehead atoms. The number of nitro groups is 1. The lowest BCUT2D eigenvalue weighted by molar-refractivity contribution is -0.384. The van der Waals surface area contributed by atoms with E-state index in [0.717, 1.165) is 22.7 Å². The molecule has 0 heterocycles. The first-order valence-corrected chi connectivity index (χ1v) is 8.05. The number of phenolic OH excluding ortho intramolecular Hbond substituents is 1. The largest absolute Gasteiger partial charge is 0.507 e. The van der Waals surface area contributed by atoms with Crippen molar-refractivity contribution < 1.29 is 14.8 Å². The maximum absolute atomic E-state index is 11.9. The number of nitrogens with zero attached hydrogens (tertiary/aromatic N) is 2. The topological polar surface area (TPSA) is 117 Å². The molecule has 0 fully saturated rings. The van der Waals surface area contributed by atoms with E-state index in [1.165, 1.54) is 18.2 Å². The number of benzene rings is 3. The van der Waals surface area contributed by atoms with Crippen LogP contribution in [0.2, 0.25) is 0 Å². The summed E-state index contributed by atoms with van der Waals surface area (Å²) < 4.78 is 0. The van der Waals surface area contributed by atoms with Crippen molar-refractivity contribution in [3.05, 3.63) is 76.3 Å². The average Bonchev–Trinajstić information content (AvgIpc) is 2.67. The molecule has 8 heteroatoms. The predicted molar refractivity (Wildman–Crippen MR) is 103 cm³/mol. The maximum atomic E-state index is 11.9. The van der Waals surface area contributed by atoms with Gasteiger partial charge in [-0.25, -0.2) is 5.43 Å². The van der Waals surface area contributed by atoms with Gasteiger partial charge in [0.05, 0.1) is 17.7 Å². The molecule has 0 spiro atoms. The van der Waals surface area contributed by atoms with Crippen LogP contribution < -0.4 is 10.7 Å². The van der Waals surface area contributed by atoms with E-state index in [2.05, 4.69) is 15.8 Å². The van der Waals surface area contributed by atoms with Gasteiger partial charge in [-0.1, -0.05) is 36.4 Å². The van der Waals surface area contributed by atoms with Crippen molar-refractivity contribution in [1.29, 1.82) is 0 Å². The number of amides is 1. The van der Waals surface area contributed by atoms with Crippen molar-refractivity contribution in [2.75, 3.05) is 11.9 Å². The lowest BCUT2D eigenvalue weighted by atomic mass is 10.1. The van der Waals surface area contributed by atoms with Gasteiger partial charge in [-0.2, -0.15) is 5.10 Å². The molecule has 3 aromatic rings. The van der Waals surface area contributed by atoms with Crippen LogP contribution in [0.4, 0.5) is 11.4 Å². The minimum atomic E-state index is -0.580. The first kappa shape index (κ1) is 17.9. The van der Waals surface area contributed by atoms with E-state index < -0.39 is 10.8 Å². The van der Waals surface area contributed by atoms with Crippen molar-refractivity contribution in [2.24, 2.45) is 5.10 Å². The Hall–Kier alpha value is -3.94. The second kappa shape index (κ2) is 7.96. The standard InChI is InChI=1S/C19H16N4O4/c24-18-9-8-15(23(26)27)10-14(18)11-21-22-19(25)12-20-17-7-3-5-13-4-1-2-6-16(13)17/h1-11,20,24H,12H2,(H,22,25)/b21-11+. The minimum absolute atomic E-state index is 0.00767. The van der Waals surface area contributed by atoms with E-state index >= 15 is 0 Å². The van der Waals surface area contributed by atoms with Gasteiger partial charge < -0.3 is 10.4 Å². The van der Waals surface area contributed by atoms with Gasteiger partial charge in [-0.15, -0.1) is 0 Å². The van der Waals surface area contributed by atoms with Gasteiger partial charge in [0, 0.05) is 28.8 Å². The lowest BCUT2D eigenvalue weighted by Gasteiger charge is -2.08. The van der Waals surface area contributed by atoms with Crippen LogP contribution in [0, 0.1) is 10.1 Å². The summed E-state index contributed by atoms with van der Waals surface area (Å²) in [5.74, 6) is -0.573. The second-order valence-corrected chi connectivity index (χ2v) is 5.67. The number of nitrogens with one attached hydrogen (secondary N) is 2. The van der Waals surface area contributed by atoms with Gasteiger partial charge >= 0.3 is 0 Å². The van der Waals surface area contributed by atoms with Gasteiger partial charge in [0.1, 0.15) is 5.75 Å². The lowest BCUT2D eigenvalue weighted by Crippen LogP contribution is -2.25. The molecule has 136 valence electrons. The fourth-order valence-corrected chi connectivity index (χ4v) is 2.53. The number of anilines is 1. The molecule has 27 heavy (non-hydrogen) atoms. The molecule has 8 nitrogen and oxygen atoms in total. The zero-order valence-electron chi connectivity index (χ0n) is 14.1. The zero-order valence-corrected chi connectivity index (χ0v) is 14.1. The van der Waals surface area contributed by atoms with Crippen LogP contribution in [0.5, 0.6) is 5.75 Å². The van der Waals surface area contributed by atoms with Crippen molar-refractivity contribution in [3.8, 4) is 5.75 Å². The summed E-state index contributed by atoms with van der Waals surface area (Å²) in [6.07, 6.45) is 1.15. The molecule has 1 amide bonds. The molecule has 0 saturated carbocycles. The predicted octanol–water partition coefficient (Wildman–Crippen LogP) is 3.02. The van der Waals surface area contributed by atoms with E-state index in [1.807, 2.05) is 42.5 Å². The minimum Gasteiger partial charge on any atom is -0.507 e. The number of nitro benzene ring substituents is 1. The Morgan fingerprint density at radius 2 is 1.93 bits per heavy atom. The molecule has 0 atom stereocenters. The van der Waals surface area contributed by atoms with Gasteiger partial charge in [-0.05, 0) is 17.5 Å². The van der Waals surface area contributed by atoms with Gasteiger partial charge in [0.15, 0.2) is 0 Å². The molecule has 3 aromatic carbocycles. The van der Waals surface area contributed by atoms with Gasteiger partial charge in [0.25, 0.3) is 11.6 Å². The number of rotatable bonds is 6. The summed E-state index contributed by atoms with van der Waals surface area (Å²) >= 11 is 0. The van der Waals surface area contributed by atoms with E-state index in [1.54, 1.807) is 0 Å². The molecule has 0 unspecified atom stereocenters. The Morgan fingerprint density at radius 1 is 1.15 bits per heavy atom. The Kier molecular flexibility index (Phi) is 5.27. The molecule has 3 rings (SSSR count). The number of non-ortho nitro benzene ring substituents is 1. The molecular weight excluding hydrogens is 348 g/mol. The molecule has 0 radical (unpaired) electrons. The normalized spacial score (nSPS) is 10.8. The molecule has 0 aliphatic heterocycles. The Labute approximate surface area is 154 Å². The highest BCUT2D eigenvalue weighted by Crippen LogP contribution is 2.23. The second-order valence-electron chi connectivity index (χ2n) is 5.67. The number of phenols is 1. The number of hydrazone groups is 1. The first-order chi connectivity index (χ1) is 13.0. The SMILES string of the molecule is O=C(CNc1cccc2ccccc12)N/N=C/c1cc([N+](=O)[O-])ccc1O. The number of carbonyl (C=O) groups is 1. The van der Waals surface area contributed by atoms with Crippen LogP contribution >= 0.6 is 0 Å². The highest BCUT2D eigenvalue weighted by Gasteiger charge is 2.09. The summed E-state index contributed by atoms with van der Waals surface area (Å²) in [7, 11) is 0. The number of aromatic hydroxyl groups is 1. The number of carbonyl (C=O) groups excluding carboxylic acids is 1. The van der Waals surface area contributed by atoms with Gasteiger partial charge in [-0.3, -0.25) is 14.9 Å². The Bertz CT molecular complexity index is 1030. The molecule has 0 aliphatic rings. The number of fused-ring (bicyclic) bond motifs is 1. The molecular formula is C19H16N4O4. The third-order valence-electron chi connectivity index (χ3n) is 3.84. The molecule has 3 N–H and O–H groups in total. The van der Waals surface area contributed by atoms with Crippen LogP contribution in [0.1, 0.15) is 5.56 Å². The van der Waals surface area contributed by atoms with Crippen LogP contribution in [0.15, 0.2) is 65.8 Å². The fourth-order valence-electron chi connectivity index (χ4n) is 2.53. The molecule has 0 saturated heterocycles. The average molecular weight is 364 g/mol. The zero-order chi connectivity index (χ0) is 19.2. The van der Waals surface area contributed by atoms with Crippen molar-refractivity contribution >= 4 is 34.3 Å². The van der Waals surface area contributed by atoms with E-state index in [9.17, 15) is 20.0 Å². The highest BCUT2D eigenvalue weighted by molar-refractivity contribution is 5.95. The first-order valence-electron chi connectivity index (χ1n) is 8.05. The fraction of sp³-hybridized carbons (Fsp3) is 0.0526. The highest BCUT2D eigenvalue weighted by atomic mass is 16.6. The third-order valence-corrected chi connectivity index (χ3v) is 3.84.